The number of para-hydroxylation sites is 1. The summed E-state index contributed by atoms with van der Waals surface area (Å²) < 4.78 is 0. The maximum Gasteiger partial charge on any atom is 0.227 e. The molecule has 2 amide bonds. The number of aliphatic hydroxyl groups is 1. The predicted molar refractivity (Wildman–Crippen MR) is 88.2 cm³/mol. The summed E-state index contributed by atoms with van der Waals surface area (Å²) in [5.74, 6) is -0.0351. The summed E-state index contributed by atoms with van der Waals surface area (Å²) in [6.45, 7) is 0.705. The molecule has 2 aliphatic rings. The molecule has 1 saturated carbocycles. The first-order valence-electron chi connectivity index (χ1n) is 8.45. The SMILES string of the molecule is O=C(CCN1C(=O)CCc2ccccc21)NCC1(O)CCCC1. The summed E-state index contributed by atoms with van der Waals surface area (Å²) in [7, 11) is 0. The number of hydrogen-bond donors (Lipinski definition) is 2. The number of carbonyl (C=O) groups excluding carboxylic acids is 2. The first-order valence-corrected chi connectivity index (χ1v) is 8.45. The highest BCUT2D eigenvalue weighted by Gasteiger charge is 2.31. The summed E-state index contributed by atoms with van der Waals surface area (Å²) in [6, 6.07) is 7.86. The van der Waals surface area contributed by atoms with E-state index in [0.717, 1.165) is 43.4 Å². The van der Waals surface area contributed by atoms with Crippen LogP contribution in [0.2, 0.25) is 0 Å². The third kappa shape index (κ3) is 3.72. The van der Waals surface area contributed by atoms with Crippen LogP contribution in [0.15, 0.2) is 24.3 Å². The lowest BCUT2D eigenvalue weighted by Crippen LogP contribution is -2.42. The van der Waals surface area contributed by atoms with Crippen molar-refractivity contribution in [1.82, 2.24) is 5.32 Å². The van der Waals surface area contributed by atoms with Gasteiger partial charge >= 0.3 is 0 Å². The summed E-state index contributed by atoms with van der Waals surface area (Å²) in [5, 5.41) is 13.1. The molecular weight excluding hydrogens is 292 g/mol. The Bertz CT molecular complexity index is 594. The van der Waals surface area contributed by atoms with Crippen molar-refractivity contribution in [3.63, 3.8) is 0 Å². The highest BCUT2D eigenvalue weighted by Crippen LogP contribution is 2.29. The molecule has 2 N–H and O–H groups in total. The predicted octanol–water partition coefficient (Wildman–Crippen LogP) is 1.78. The van der Waals surface area contributed by atoms with Crippen LogP contribution in [0.5, 0.6) is 0 Å². The van der Waals surface area contributed by atoms with Gasteiger partial charge in [0, 0.05) is 31.6 Å². The van der Waals surface area contributed by atoms with E-state index >= 15 is 0 Å². The van der Waals surface area contributed by atoms with Gasteiger partial charge in [-0.05, 0) is 30.9 Å². The van der Waals surface area contributed by atoms with Gasteiger partial charge < -0.3 is 15.3 Å². The second-order valence-electron chi connectivity index (χ2n) is 6.63. The Kier molecular flexibility index (Phi) is 4.66. The van der Waals surface area contributed by atoms with E-state index < -0.39 is 5.60 Å². The molecule has 0 radical (unpaired) electrons. The molecule has 5 nitrogen and oxygen atoms in total. The van der Waals surface area contributed by atoms with Crippen molar-refractivity contribution in [1.29, 1.82) is 0 Å². The van der Waals surface area contributed by atoms with Crippen LogP contribution in [-0.4, -0.2) is 35.6 Å². The van der Waals surface area contributed by atoms with Gasteiger partial charge in [0.25, 0.3) is 0 Å². The Morgan fingerprint density at radius 1 is 1.22 bits per heavy atom. The third-order valence-corrected chi connectivity index (χ3v) is 4.90. The quantitative estimate of drug-likeness (QED) is 0.870. The Hall–Kier alpha value is -1.88. The normalized spacial score (nSPS) is 19.5. The number of benzene rings is 1. The monoisotopic (exact) mass is 316 g/mol. The molecule has 0 aromatic heterocycles. The average molecular weight is 316 g/mol. The highest BCUT2D eigenvalue weighted by molar-refractivity contribution is 5.96. The summed E-state index contributed by atoms with van der Waals surface area (Å²) in [6.07, 6.45) is 5.08. The Morgan fingerprint density at radius 3 is 2.74 bits per heavy atom. The number of anilines is 1. The minimum atomic E-state index is -0.733. The first kappa shape index (κ1) is 16.0. The molecule has 0 spiro atoms. The number of fused-ring (bicyclic) bond motifs is 1. The molecule has 1 aliphatic carbocycles. The van der Waals surface area contributed by atoms with E-state index in [4.69, 9.17) is 0 Å². The largest absolute Gasteiger partial charge is 0.388 e. The van der Waals surface area contributed by atoms with Crippen LogP contribution in [0.4, 0.5) is 5.69 Å². The van der Waals surface area contributed by atoms with Gasteiger partial charge in [-0.2, -0.15) is 0 Å². The maximum atomic E-state index is 12.1. The van der Waals surface area contributed by atoms with Crippen molar-refractivity contribution < 1.29 is 14.7 Å². The van der Waals surface area contributed by atoms with Crippen molar-refractivity contribution in [3.8, 4) is 0 Å². The van der Waals surface area contributed by atoms with Gasteiger partial charge in [-0.1, -0.05) is 31.0 Å². The van der Waals surface area contributed by atoms with Crippen molar-refractivity contribution in [2.45, 2.75) is 50.5 Å². The number of hydrogen-bond acceptors (Lipinski definition) is 3. The van der Waals surface area contributed by atoms with E-state index in [0.29, 0.717) is 19.5 Å². The highest BCUT2D eigenvalue weighted by atomic mass is 16.3. The average Bonchev–Trinajstić information content (AvgIpc) is 2.99. The van der Waals surface area contributed by atoms with E-state index in [9.17, 15) is 14.7 Å². The van der Waals surface area contributed by atoms with Crippen molar-refractivity contribution in [3.05, 3.63) is 29.8 Å². The zero-order chi connectivity index (χ0) is 16.3. The Balaban J connectivity index is 1.53. The Labute approximate surface area is 136 Å². The molecule has 5 heteroatoms. The second-order valence-corrected chi connectivity index (χ2v) is 6.63. The fourth-order valence-corrected chi connectivity index (χ4v) is 3.52. The molecule has 23 heavy (non-hydrogen) atoms. The zero-order valence-corrected chi connectivity index (χ0v) is 13.4. The summed E-state index contributed by atoms with van der Waals surface area (Å²) in [5.41, 5.74) is 1.35. The lowest BCUT2D eigenvalue weighted by Gasteiger charge is -2.29. The molecular formula is C18H24N2O3. The molecule has 124 valence electrons. The topological polar surface area (TPSA) is 69.6 Å². The van der Waals surface area contributed by atoms with Gasteiger partial charge in [-0.3, -0.25) is 9.59 Å². The van der Waals surface area contributed by atoms with Gasteiger partial charge in [-0.25, -0.2) is 0 Å². The molecule has 0 unspecified atom stereocenters. The van der Waals surface area contributed by atoms with Crippen molar-refractivity contribution in [2.75, 3.05) is 18.0 Å². The fraction of sp³-hybridized carbons (Fsp3) is 0.556. The van der Waals surface area contributed by atoms with E-state index in [-0.39, 0.29) is 18.2 Å². The molecule has 0 atom stereocenters. The molecule has 3 rings (SSSR count). The lowest BCUT2D eigenvalue weighted by molar-refractivity contribution is -0.122. The van der Waals surface area contributed by atoms with Crippen molar-refractivity contribution in [2.24, 2.45) is 0 Å². The number of amides is 2. The molecule has 1 aromatic rings. The van der Waals surface area contributed by atoms with Gasteiger partial charge in [-0.15, -0.1) is 0 Å². The van der Waals surface area contributed by atoms with Crippen molar-refractivity contribution >= 4 is 17.5 Å². The van der Waals surface area contributed by atoms with Crippen LogP contribution in [0.25, 0.3) is 0 Å². The maximum absolute atomic E-state index is 12.1. The number of aryl methyl sites for hydroxylation is 1. The Morgan fingerprint density at radius 2 is 1.96 bits per heavy atom. The number of nitrogens with one attached hydrogen (secondary N) is 1. The first-order chi connectivity index (χ1) is 11.1. The van der Waals surface area contributed by atoms with E-state index in [1.807, 2.05) is 24.3 Å². The van der Waals surface area contributed by atoms with E-state index in [1.165, 1.54) is 0 Å². The number of carbonyl (C=O) groups is 2. The van der Waals surface area contributed by atoms with Gasteiger partial charge in [0.1, 0.15) is 0 Å². The molecule has 1 heterocycles. The van der Waals surface area contributed by atoms with Gasteiger partial charge in [0.15, 0.2) is 0 Å². The van der Waals surface area contributed by atoms with Crippen LogP contribution in [0.1, 0.15) is 44.1 Å². The smallest absolute Gasteiger partial charge is 0.227 e. The fourth-order valence-electron chi connectivity index (χ4n) is 3.52. The molecule has 1 aromatic carbocycles. The molecule has 0 bridgehead atoms. The summed E-state index contributed by atoms with van der Waals surface area (Å²) in [4.78, 5) is 25.9. The number of nitrogens with zero attached hydrogens (tertiary/aromatic N) is 1. The number of rotatable bonds is 5. The third-order valence-electron chi connectivity index (χ3n) is 4.90. The van der Waals surface area contributed by atoms with Crippen LogP contribution >= 0.6 is 0 Å². The van der Waals surface area contributed by atoms with Crippen LogP contribution < -0.4 is 10.2 Å². The molecule has 1 fully saturated rings. The van der Waals surface area contributed by atoms with Gasteiger partial charge in [0.05, 0.1) is 5.60 Å². The standard InChI is InChI=1S/C18H24N2O3/c21-16(19-13-18(23)10-3-4-11-18)9-12-20-15-6-2-1-5-14(15)7-8-17(20)22/h1-2,5-6,23H,3-4,7-13H2,(H,19,21). The molecule has 1 aliphatic heterocycles. The minimum Gasteiger partial charge on any atom is -0.388 e. The van der Waals surface area contributed by atoms with Crippen LogP contribution in [0.3, 0.4) is 0 Å². The lowest BCUT2D eigenvalue weighted by atomic mass is 10.0. The van der Waals surface area contributed by atoms with E-state index in [2.05, 4.69) is 5.32 Å². The molecule has 0 saturated heterocycles. The zero-order valence-electron chi connectivity index (χ0n) is 13.4. The van der Waals surface area contributed by atoms with Crippen LogP contribution in [-0.2, 0) is 16.0 Å². The van der Waals surface area contributed by atoms with E-state index in [1.54, 1.807) is 4.90 Å². The van der Waals surface area contributed by atoms with Gasteiger partial charge in [0.2, 0.25) is 11.8 Å². The minimum absolute atomic E-state index is 0.0749. The van der Waals surface area contributed by atoms with Crippen LogP contribution in [0, 0.1) is 0 Å². The summed E-state index contributed by atoms with van der Waals surface area (Å²) >= 11 is 0. The second kappa shape index (κ2) is 6.71.